The summed E-state index contributed by atoms with van der Waals surface area (Å²) >= 11 is 0. The predicted octanol–water partition coefficient (Wildman–Crippen LogP) is 2.27. The Kier molecular flexibility index (Phi) is 3.51. The van der Waals surface area contributed by atoms with E-state index in [9.17, 15) is 5.11 Å². The van der Waals surface area contributed by atoms with Crippen molar-refractivity contribution in [2.75, 3.05) is 7.11 Å². The van der Waals surface area contributed by atoms with E-state index in [-0.39, 0.29) is 11.7 Å². The molecule has 0 heterocycles. The molecule has 1 atom stereocenters. The molecule has 1 unspecified atom stereocenters. The molecule has 1 N–H and O–H groups in total. The monoisotopic (exact) mass is 184 g/mol. The topological polar surface area (TPSA) is 29.5 Å². The Morgan fingerprint density at radius 1 is 1.62 bits per heavy atom. The zero-order valence-electron chi connectivity index (χ0n) is 8.68. The second kappa shape index (κ2) is 4.25. The Morgan fingerprint density at radius 3 is 2.54 bits per heavy atom. The number of aliphatic hydroxyl groups excluding tert-OH is 1. The molecule has 1 aliphatic carbocycles. The van der Waals surface area contributed by atoms with Crippen LogP contribution >= 0.6 is 0 Å². The lowest BCUT2D eigenvalue weighted by Gasteiger charge is -2.44. The summed E-state index contributed by atoms with van der Waals surface area (Å²) in [6, 6.07) is 0. The van der Waals surface area contributed by atoms with E-state index in [1.165, 1.54) is 6.42 Å². The van der Waals surface area contributed by atoms with E-state index >= 15 is 0 Å². The number of aliphatic hydroxyl groups is 1. The Labute approximate surface area is 80.6 Å². The maximum atomic E-state index is 9.94. The molecule has 1 saturated carbocycles. The van der Waals surface area contributed by atoms with Crippen LogP contribution in [0.1, 0.15) is 39.0 Å². The number of methoxy groups -OCH3 is 1. The zero-order valence-corrected chi connectivity index (χ0v) is 8.68. The molecule has 1 aliphatic rings. The second-order valence-electron chi connectivity index (χ2n) is 3.95. The van der Waals surface area contributed by atoms with Crippen molar-refractivity contribution < 1.29 is 9.84 Å². The standard InChI is InChI=1S/C11H20O2/c1-4-9(2)8-10(12)11(13-3)6-5-7-11/h10,12H,2,4-8H2,1,3H3. The summed E-state index contributed by atoms with van der Waals surface area (Å²) in [4.78, 5) is 0. The molecule has 2 heteroatoms. The summed E-state index contributed by atoms with van der Waals surface area (Å²) in [5.74, 6) is 0. The van der Waals surface area contributed by atoms with Gasteiger partial charge in [0.2, 0.25) is 0 Å². The molecule has 2 nitrogen and oxygen atoms in total. The van der Waals surface area contributed by atoms with Crippen LogP contribution in [0.3, 0.4) is 0 Å². The van der Waals surface area contributed by atoms with Crippen LogP contribution < -0.4 is 0 Å². The third-order valence-corrected chi connectivity index (χ3v) is 3.20. The maximum Gasteiger partial charge on any atom is 0.0939 e. The van der Waals surface area contributed by atoms with Crippen molar-refractivity contribution in [1.29, 1.82) is 0 Å². The number of ether oxygens (including phenoxy) is 1. The van der Waals surface area contributed by atoms with E-state index in [2.05, 4.69) is 13.5 Å². The highest BCUT2D eigenvalue weighted by atomic mass is 16.5. The van der Waals surface area contributed by atoms with Crippen LogP contribution in [0.5, 0.6) is 0 Å². The van der Waals surface area contributed by atoms with Crippen LogP contribution in [0, 0.1) is 0 Å². The highest BCUT2D eigenvalue weighted by molar-refractivity contribution is 5.03. The molecule has 0 saturated heterocycles. The first-order valence-corrected chi connectivity index (χ1v) is 5.04. The zero-order chi connectivity index (χ0) is 9.90. The molecule has 0 aliphatic heterocycles. The van der Waals surface area contributed by atoms with Gasteiger partial charge in [0.15, 0.2) is 0 Å². The molecule has 1 rings (SSSR count). The lowest BCUT2D eigenvalue weighted by molar-refractivity contribution is -0.148. The predicted molar refractivity (Wildman–Crippen MR) is 53.6 cm³/mol. The molecule has 13 heavy (non-hydrogen) atoms. The Balaban J connectivity index is 2.45. The van der Waals surface area contributed by atoms with Gasteiger partial charge in [0.1, 0.15) is 0 Å². The first-order chi connectivity index (χ1) is 6.14. The van der Waals surface area contributed by atoms with Crippen LogP contribution in [0.25, 0.3) is 0 Å². The molecule has 0 spiro atoms. The van der Waals surface area contributed by atoms with Crippen molar-refractivity contribution >= 4 is 0 Å². The normalized spacial score (nSPS) is 22.1. The molecule has 0 bridgehead atoms. The second-order valence-corrected chi connectivity index (χ2v) is 3.95. The average molecular weight is 184 g/mol. The van der Waals surface area contributed by atoms with Crippen molar-refractivity contribution in [1.82, 2.24) is 0 Å². The molecular formula is C11H20O2. The molecule has 0 amide bonds. The summed E-state index contributed by atoms with van der Waals surface area (Å²) in [7, 11) is 1.69. The first kappa shape index (κ1) is 10.7. The van der Waals surface area contributed by atoms with Gasteiger partial charge in [-0.25, -0.2) is 0 Å². The summed E-state index contributed by atoms with van der Waals surface area (Å²) in [5, 5.41) is 9.94. The molecular weight excluding hydrogens is 164 g/mol. The van der Waals surface area contributed by atoms with Crippen LogP contribution in [0.15, 0.2) is 12.2 Å². The largest absolute Gasteiger partial charge is 0.390 e. The highest BCUT2D eigenvalue weighted by Gasteiger charge is 2.43. The van der Waals surface area contributed by atoms with E-state index in [1.807, 2.05) is 0 Å². The van der Waals surface area contributed by atoms with E-state index in [0.717, 1.165) is 24.8 Å². The van der Waals surface area contributed by atoms with Gasteiger partial charge in [-0.1, -0.05) is 19.1 Å². The van der Waals surface area contributed by atoms with E-state index < -0.39 is 0 Å². The van der Waals surface area contributed by atoms with Gasteiger partial charge in [-0.05, 0) is 32.1 Å². The van der Waals surface area contributed by atoms with Crippen molar-refractivity contribution in [3.63, 3.8) is 0 Å². The fourth-order valence-electron chi connectivity index (χ4n) is 1.80. The van der Waals surface area contributed by atoms with Gasteiger partial charge in [-0.2, -0.15) is 0 Å². The van der Waals surface area contributed by atoms with Crippen LogP contribution in [0.2, 0.25) is 0 Å². The SMILES string of the molecule is C=C(CC)CC(O)C1(OC)CCC1. The minimum absolute atomic E-state index is 0.252. The van der Waals surface area contributed by atoms with Gasteiger partial charge in [0.05, 0.1) is 11.7 Å². The average Bonchev–Trinajstić information content (AvgIpc) is 2.03. The molecule has 0 aromatic heterocycles. The van der Waals surface area contributed by atoms with Crippen molar-refractivity contribution in [2.45, 2.75) is 50.7 Å². The third-order valence-electron chi connectivity index (χ3n) is 3.20. The molecule has 0 aromatic rings. The van der Waals surface area contributed by atoms with E-state index in [4.69, 9.17) is 4.74 Å². The number of rotatable bonds is 5. The van der Waals surface area contributed by atoms with E-state index in [1.54, 1.807) is 7.11 Å². The fraction of sp³-hybridized carbons (Fsp3) is 0.818. The quantitative estimate of drug-likeness (QED) is 0.664. The minimum Gasteiger partial charge on any atom is -0.390 e. The Morgan fingerprint density at radius 2 is 2.23 bits per heavy atom. The summed E-state index contributed by atoms with van der Waals surface area (Å²) in [6.45, 7) is 5.97. The highest BCUT2D eigenvalue weighted by Crippen LogP contribution is 2.39. The number of hydrogen-bond donors (Lipinski definition) is 1. The Hall–Kier alpha value is -0.340. The minimum atomic E-state index is -0.362. The van der Waals surface area contributed by atoms with Crippen molar-refractivity contribution in [2.24, 2.45) is 0 Å². The van der Waals surface area contributed by atoms with Crippen molar-refractivity contribution in [3.8, 4) is 0 Å². The van der Waals surface area contributed by atoms with Crippen molar-refractivity contribution in [3.05, 3.63) is 12.2 Å². The molecule has 0 radical (unpaired) electrons. The molecule has 0 aromatic carbocycles. The fourth-order valence-corrected chi connectivity index (χ4v) is 1.80. The molecule has 1 fully saturated rings. The first-order valence-electron chi connectivity index (χ1n) is 5.04. The van der Waals surface area contributed by atoms with Gasteiger partial charge in [-0.15, -0.1) is 0 Å². The Bertz CT molecular complexity index is 177. The van der Waals surface area contributed by atoms with Crippen LogP contribution in [0.4, 0.5) is 0 Å². The van der Waals surface area contributed by atoms with Crippen LogP contribution in [-0.4, -0.2) is 23.9 Å². The smallest absolute Gasteiger partial charge is 0.0939 e. The summed E-state index contributed by atoms with van der Waals surface area (Å²) in [6.07, 6.45) is 4.41. The third kappa shape index (κ3) is 2.12. The lowest BCUT2D eigenvalue weighted by atomic mass is 9.74. The molecule has 76 valence electrons. The van der Waals surface area contributed by atoms with Crippen LogP contribution in [-0.2, 0) is 4.74 Å². The van der Waals surface area contributed by atoms with E-state index in [0.29, 0.717) is 6.42 Å². The maximum absolute atomic E-state index is 9.94. The van der Waals surface area contributed by atoms with Gasteiger partial charge in [-0.3, -0.25) is 0 Å². The van der Waals surface area contributed by atoms with Gasteiger partial charge >= 0.3 is 0 Å². The number of hydrogen-bond acceptors (Lipinski definition) is 2. The lowest BCUT2D eigenvalue weighted by Crippen LogP contribution is -2.50. The summed E-state index contributed by atoms with van der Waals surface area (Å²) in [5.41, 5.74) is 0.855. The van der Waals surface area contributed by atoms with Gasteiger partial charge in [0.25, 0.3) is 0 Å². The summed E-state index contributed by atoms with van der Waals surface area (Å²) < 4.78 is 5.39. The van der Waals surface area contributed by atoms with Gasteiger partial charge in [0, 0.05) is 7.11 Å². The van der Waals surface area contributed by atoms with Gasteiger partial charge < -0.3 is 9.84 Å².